The number of nitrogens with zero attached hydrogens (tertiary/aromatic N) is 1. The topological polar surface area (TPSA) is 56.5 Å². The van der Waals surface area contributed by atoms with Crippen molar-refractivity contribution in [2.75, 3.05) is 13.7 Å². The predicted octanol–water partition coefficient (Wildman–Crippen LogP) is 2.59. The Labute approximate surface area is 106 Å². The van der Waals surface area contributed by atoms with E-state index in [-0.39, 0.29) is 6.08 Å². The molecule has 2 rings (SSSR count). The highest BCUT2D eigenvalue weighted by atomic mass is 16.6. The maximum atomic E-state index is 5.48. The minimum Gasteiger partial charge on any atom is -0.494 e. The normalized spacial score (nSPS) is 10.3. The zero-order chi connectivity index (χ0) is 12.8. The summed E-state index contributed by atoms with van der Waals surface area (Å²) in [6.45, 7) is 3.24. The van der Waals surface area contributed by atoms with Gasteiger partial charge in [0.05, 0.1) is 12.3 Å². The molecule has 0 saturated carbocycles. The zero-order valence-corrected chi connectivity index (χ0v) is 10.5. The molecule has 0 saturated heterocycles. The lowest BCUT2D eigenvalue weighted by Crippen LogP contribution is -2.04. The molecule has 5 nitrogen and oxygen atoms in total. The van der Waals surface area contributed by atoms with E-state index in [1.165, 1.54) is 0 Å². The van der Waals surface area contributed by atoms with Crippen LogP contribution in [-0.2, 0) is 6.54 Å². The number of ether oxygens (including phenoxy) is 2. The first kappa shape index (κ1) is 12.4. The Kier molecular flexibility index (Phi) is 4.20. The zero-order valence-electron chi connectivity index (χ0n) is 10.5. The molecule has 0 spiro atoms. The van der Waals surface area contributed by atoms with Crippen LogP contribution in [0.1, 0.15) is 12.6 Å². The van der Waals surface area contributed by atoms with E-state index in [1.807, 2.05) is 38.2 Å². The molecule has 2 aromatic rings. The van der Waals surface area contributed by atoms with Crippen LogP contribution in [-0.4, -0.2) is 18.6 Å². The second-order valence-corrected chi connectivity index (χ2v) is 3.64. The fraction of sp³-hybridized carbons (Fsp3) is 0.308. The average Bonchev–Trinajstić information content (AvgIpc) is 2.80. The van der Waals surface area contributed by atoms with Crippen LogP contribution in [0.2, 0.25) is 0 Å². The van der Waals surface area contributed by atoms with Gasteiger partial charge in [-0.15, -0.1) is 0 Å². The van der Waals surface area contributed by atoms with E-state index in [0.29, 0.717) is 18.9 Å². The van der Waals surface area contributed by atoms with Crippen LogP contribution in [0, 0.1) is 0 Å². The Balaban J connectivity index is 1.99. The lowest BCUT2D eigenvalue weighted by atomic mass is 10.3. The summed E-state index contributed by atoms with van der Waals surface area (Å²) in [6.07, 6.45) is 1.81. The maximum Gasteiger partial charge on any atom is 0.399 e. The van der Waals surface area contributed by atoms with Gasteiger partial charge in [-0.2, -0.15) is 4.98 Å². The molecule has 0 bridgehead atoms. The van der Waals surface area contributed by atoms with Crippen molar-refractivity contribution in [1.82, 2.24) is 10.3 Å². The van der Waals surface area contributed by atoms with Gasteiger partial charge < -0.3 is 19.2 Å². The van der Waals surface area contributed by atoms with E-state index in [0.717, 1.165) is 11.4 Å². The molecule has 0 unspecified atom stereocenters. The van der Waals surface area contributed by atoms with Gasteiger partial charge in [0.2, 0.25) is 0 Å². The van der Waals surface area contributed by atoms with Crippen LogP contribution in [0.5, 0.6) is 17.6 Å². The largest absolute Gasteiger partial charge is 0.494 e. The molecule has 0 radical (unpaired) electrons. The molecule has 18 heavy (non-hydrogen) atoms. The second-order valence-electron chi connectivity index (χ2n) is 3.64. The summed E-state index contributed by atoms with van der Waals surface area (Å²) < 4.78 is 16.0. The van der Waals surface area contributed by atoms with Gasteiger partial charge in [0.25, 0.3) is 0 Å². The summed E-state index contributed by atoms with van der Waals surface area (Å²) in [6, 6.07) is 7.31. The van der Waals surface area contributed by atoms with Gasteiger partial charge in [-0.3, -0.25) is 0 Å². The smallest absolute Gasteiger partial charge is 0.399 e. The Morgan fingerprint density at radius 1 is 1.22 bits per heavy atom. The fourth-order valence-corrected chi connectivity index (χ4v) is 1.47. The van der Waals surface area contributed by atoms with Crippen LogP contribution >= 0.6 is 0 Å². The monoisotopic (exact) mass is 248 g/mol. The molecule has 0 atom stereocenters. The van der Waals surface area contributed by atoms with E-state index < -0.39 is 0 Å². The first-order valence-electron chi connectivity index (χ1n) is 5.81. The third kappa shape index (κ3) is 3.24. The number of rotatable bonds is 6. The third-order valence-corrected chi connectivity index (χ3v) is 2.23. The fourth-order valence-electron chi connectivity index (χ4n) is 1.47. The van der Waals surface area contributed by atoms with Gasteiger partial charge in [0, 0.05) is 6.54 Å². The molecule has 0 fully saturated rings. The molecule has 0 aliphatic carbocycles. The summed E-state index contributed by atoms with van der Waals surface area (Å²) >= 11 is 0. The Bertz CT molecular complexity index is 479. The summed E-state index contributed by atoms with van der Waals surface area (Å²) in [5.74, 6) is 1.48. The number of benzene rings is 1. The minimum atomic E-state index is 0.240. The van der Waals surface area contributed by atoms with Gasteiger partial charge >= 0.3 is 6.08 Å². The van der Waals surface area contributed by atoms with Crippen LogP contribution in [0.4, 0.5) is 0 Å². The van der Waals surface area contributed by atoms with Gasteiger partial charge in [0.1, 0.15) is 17.8 Å². The highest BCUT2D eigenvalue weighted by molar-refractivity contribution is 5.32. The molecule has 1 heterocycles. The first-order chi connectivity index (χ1) is 8.81. The van der Waals surface area contributed by atoms with E-state index in [1.54, 1.807) is 6.26 Å². The van der Waals surface area contributed by atoms with Gasteiger partial charge in [-0.1, -0.05) is 0 Å². The summed E-state index contributed by atoms with van der Waals surface area (Å²) in [4.78, 5) is 4.17. The van der Waals surface area contributed by atoms with E-state index in [4.69, 9.17) is 13.9 Å². The molecule has 96 valence electrons. The molecule has 0 aliphatic rings. The molecular formula is C13H16N2O3. The number of hydrogen-bond donors (Lipinski definition) is 1. The van der Waals surface area contributed by atoms with Crippen molar-refractivity contribution in [3.8, 4) is 17.6 Å². The van der Waals surface area contributed by atoms with Crippen molar-refractivity contribution in [2.45, 2.75) is 13.5 Å². The van der Waals surface area contributed by atoms with E-state index in [2.05, 4.69) is 10.3 Å². The van der Waals surface area contributed by atoms with Gasteiger partial charge in [0.15, 0.2) is 0 Å². The summed E-state index contributed by atoms with van der Waals surface area (Å²) in [7, 11) is 1.85. The Morgan fingerprint density at radius 2 is 1.94 bits per heavy atom. The highest BCUT2D eigenvalue weighted by Gasteiger charge is 2.05. The predicted molar refractivity (Wildman–Crippen MR) is 67.0 cm³/mol. The summed E-state index contributed by atoms with van der Waals surface area (Å²) in [5, 5.41) is 2.99. The molecule has 1 N–H and O–H groups in total. The van der Waals surface area contributed by atoms with Gasteiger partial charge in [-0.25, -0.2) is 0 Å². The molecule has 5 heteroatoms. The first-order valence-corrected chi connectivity index (χ1v) is 5.81. The van der Waals surface area contributed by atoms with Crippen LogP contribution in [0.25, 0.3) is 0 Å². The molecule has 0 amide bonds. The van der Waals surface area contributed by atoms with Crippen LogP contribution < -0.4 is 14.8 Å². The second kappa shape index (κ2) is 6.07. The van der Waals surface area contributed by atoms with Crippen molar-refractivity contribution >= 4 is 0 Å². The Hall–Kier alpha value is -2.01. The molecule has 1 aromatic carbocycles. The van der Waals surface area contributed by atoms with Crippen molar-refractivity contribution in [3.05, 3.63) is 36.2 Å². The molecule has 0 aliphatic heterocycles. The van der Waals surface area contributed by atoms with E-state index in [9.17, 15) is 0 Å². The Morgan fingerprint density at radius 3 is 2.61 bits per heavy atom. The van der Waals surface area contributed by atoms with Crippen molar-refractivity contribution in [3.63, 3.8) is 0 Å². The van der Waals surface area contributed by atoms with Crippen molar-refractivity contribution in [1.29, 1.82) is 0 Å². The number of aromatic nitrogens is 1. The lowest BCUT2D eigenvalue weighted by Gasteiger charge is -2.04. The standard InChI is InChI=1S/C13H16N2O3/c1-3-16-11-4-6-12(7-5-11)18-13-15-10(8-14-2)9-17-13/h4-7,9,14H,3,8H2,1-2H3. The number of oxazole rings is 1. The van der Waals surface area contributed by atoms with Gasteiger partial charge in [-0.05, 0) is 38.2 Å². The van der Waals surface area contributed by atoms with E-state index >= 15 is 0 Å². The molecular weight excluding hydrogens is 232 g/mol. The van der Waals surface area contributed by atoms with Crippen molar-refractivity contribution < 1.29 is 13.9 Å². The molecule has 1 aromatic heterocycles. The average molecular weight is 248 g/mol. The third-order valence-electron chi connectivity index (χ3n) is 2.23. The minimum absolute atomic E-state index is 0.240. The van der Waals surface area contributed by atoms with Crippen LogP contribution in [0.3, 0.4) is 0 Å². The quantitative estimate of drug-likeness (QED) is 0.851. The number of nitrogens with one attached hydrogen (secondary N) is 1. The number of hydrogen-bond acceptors (Lipinski definition) is 5. The lowest BCUT2D eigenvalue weighted by molar-refractivity contribution is 0.326. The highest BCUT2D eigenvalue weighted by Crippen LogP contribution is 2.23. The SMILES string of the molecule is CCOc1ccc(Oc2nc(CNC)co2)cc1. The van der Waals surface area contributed by atoms with Crippen molar-refractivity contribution in [2.24, 2.45) is 0 Å². The maximum absolute atomic E-state index is 5.48. The summed E-state index contributed by atoms with van der Waals surface area (Å²) in [5.41, 5.74) is 0.804. The van der Waals surface area contributed by atoms with Crippen LogP contribution in [0.15, 0.2) is 34.9 Å².